The van der Waals surface area contributed by atoms with Crippen molar-refractivity contribution in [3.8, 4) is 0 Å². The van der Waals surface area contributed by atoms with E-state index in [1.807, 2.05) is 48.5 Å². The van der Waals surface area contributed by atoms with Crippen LogP contribution in [0.1, 0.15) is 11.1 Å². The minimum atomic E-state index is -1.49. The van der Waals surface area contributed by atoms with Crippen LogP contribution in [0.3, 0.4) is 0 Å². The molecule has 3 rings (SSSR count). The number of hydrogen-bond donors (Lipinski definition) is 0. The van der Waals surface area contributed by atoms with Crippen LogP contribution in [-0.2, 0) is 16.8 Å². The molecule has 0 spiro atoms. The van der Waals surface area contributed by atoms with Gasteiger partial charge in [-0.1, -0.05) is 95.5 Å². The van der Waals surface area contributed by atoms with Crippen LogP contribution in [-0.4, -0.2) is 9.90 Å². The Morgan fingerprint density at radius 3 is 2.00 bits per heavy atom. The van der Waals surface area contributed by atoms with Gasteiger partial charge >= 0.3 is 0 Å². The molecular formula is C16H13Cl3O. The number of rotatable bonds is 3. The van der Waals surface area contributed by atoms with Crippen molar-refractivity contribution in [1.82, 2.24) is 0 Å². The normalized spacial score (nSPS) is 25.4. The zero-order chi connectivity index (χ0) is 14.2. The molecule has 4 heteroatoms. The zero-order valence-electron chi connectivity index (χ0n) is 10.6. The molecule has 0 aromatic heterocycles. The molecule has 0 amide bonds. The largest absolute Gasteiger partial charge is 0.356 e. The molecule has 2 unspecified atom stereocenters. The van der Waals surface area contributed by atoms with Gasteiger partial charge in [0, 0.05) is 6.42 Å². The number of epoxide rings is 1. The van der Waals surface area contributed by atoms with Crippen molar-refractivity contribution in [3.05, 3.63) is 71.8 Å². The van der Waals surface area contributed by atoms with E-state index in [1.54, 1.807) is 0 Å². The van der Waals surface area contributed by atoms with Gasteiger partial charge in [-0.2, -0.15) is 0 Å². The number of benzene rings is 2. The highest BCUT2D eigenvalue weighted by Gasteiger charge is 2.68. The van der Waals surface area contributed by atoms with E-state index in [4.69, 9.17) is 39.5 Å². The predicted molar refractivity (Wildman–Crippen MR) is 83.4 cm³/mol. The second-order valence-electron chi connectivity index (χ2n) is 4.90. The molecule has 2 aromatic carbocycles. The Morgan fingerprint density at radius 1 is 0.900 bits per heavy atom. The molecule has 20 heavy (non-hydrogen) atoms. The lowest BCUT2D eigenvalue weighted by Gasteiger charge is -2.22. The lowest BCUT2D eigenvalue weighted by atomic mass is 9.93. The van der Waals surface area contributed by atoms with Crippen LogP contribution in [0, 0.1) is 0 Å². The lowest BCUT2D eigenvalue weighted by molar-refractivity contribution is 0.297. The molecule has 1 saturated heterocycles. The number of hydrogen-bond acceptors (Lipinski definition) is 1. The van der Waals surface area contributed by atoms with Gasteiger partial charge in [0.2, 0.25) is 3.79 Å². The van der Waals surface area contributed by atoms with Crippen LogP contribution in [0.15, 0.2) is 60.7 Å². The molecule has 0 bridgehead atoms. The summed E-state index contributed by atoms with van der Waals surface area (Å²) >= 11 is 18.6. The Kier molecular flexibility index (Phi) is 3.72. The van der Waals surface area contributed by atoms with E-state index in [-0.39, 0.29) is 6.10 Å². The number of ether oxygens (including phenoxy) is 1. The molecule has 1 aliphatic heterocycles. The maximum absolute atomic E-state index is 6.19. The molecular weight excluding hydrogens is 315 g/mol. The number of alkyl halides is 3. The fourth-order valence-electron chi connectivity index (χ4n) is 2.56. The van der Waals surface area contributed by atoms with E-state index in [0.717, 1.165) is 12.0 Å². The van der Waals surface area contributed by atoms with Crippen LogP contribution < -0.4 is 0 Å². The maximum atomic E-state index is 6.19. The van der Waals surface area contributed by atoms with Gasteiger partial charge in [-0.25, -0.2) is 0 Å². The van der Waals surface area contributed by atoms with Crippen LogP contribution in [0.2, 0.25) is 0 Å². The van der Waals surface area contributed by atoms with Gasteiger partial charge in [-0.15, -0.1) is 0 Å². The van der Waals surface area contributed by atoms with Gasteiger partial charge in [0.05, 0.1) is 0 Å². The molecule has 1 aliphatic rings. The van der Waals surface area contributed by atoms with Gasteiger partial charge in [-0.3, -0.25) is 0 Å². The molecule has 0 aliphatic carbocycles. The highest BCUT2D eigenvalue weighted by atomic mass is 35.6. The van der Waals surface area contributed by atoms with Crippen molar-refractivity contribution in [1.29, 1.82) is 0 Å². The topological polar surface area (TPSA) is 12.5 Å². The Bertz CT molecular complexity index is 580. The van der Waals surface area contributed by atoms with E-state index in [9.17, 15) is 0 Å². The van der Waals surface area contributed by atoms with Crippen molar-refractivity contribution in [2.45, 2.75) is 21.9 Å². The van der Waals surface area contributed by atoms with Crippen molar-refractivity contribution in [2.75, 3.05) is 0 Å². The SMILES string of the molecule is ClC(Cl)(Cl)C1(c2ccccc2)OC1Cc1ccccc1. The summed E-state index contributed by atoms with van der Waals surface area (Å²) in [5.74, 6) is 0. The van der Waals surface area contributed by atoms with Crippen molar-refractivity contribution < 1.29 is 4.74 Å². The first-order valence-corrected chi connectivity index (χ1v) is 7.51. The Hall–Kier alpha value is -0.730. The first-order valence-electron chi connectivity index (χ1n) is 6.38. The molecule has 2 atom stereocenters. The van der Waals surface area contributed by atoms with E-state index in [0.29, 0.717) is 0 Å². The minimum Gasteiger partial charge on any atom is -0.356 e. The number of halogens is 3. The minimum absolute atomic E-state index is 0.125. The average Bonchev–Trinajstić information content (AvgIpc) is 3.16. The summed E-state index contributed by atoms with van der Waals surface area (Å²) in [6.07, 6.45) is 0.601. The molecule has 1 heterocycles. The summed E-state index contributed by atoms with van der Waals surface area (Å²) < 4.78 is 4.37. The van der Waals surface area contributed by atoms with Gasteiger partial charge in [0.25, 0.3) is 0 Å². The van der Waals surface area contributed by atoms with E-state index in [1.165, 1.54) is 5.56 Å². The summed E-state index contributed by atoms with van der Waals surface area (Å²) in [6, 6.07) is 19.7. The summed E-state index contributed by atoms with van der Waals surface area (Å²) in [7, 11) is 0. The van der Waals surface area contributed by atoms with Crippen molar-refractivity contribution in [3.63, 3.8) is 0 Å². The van der Waals surface area contributed by atoms with Crippen LogP contribution in [0.5, 0.6) is 0 Å². The quantitative estimate of drug-likeness (QED) is 0.577. The summed E-state index contributed by atoms with van der Waals surface area (Å²) in [4.78, 5) is 0. The molecule has 0 radical (unpaired) electrons. The Balaban J connectivity index is 1.89. The smallest absolute Gasteiger partial charge is 0.225 e. The first kappa shape index (κ1) is 14.2. The van der Waals surface area contributed by atoms with Gasteiger partial charge in [0.1, 0.15) is 6.10 Å². The van der Waals surface area contributed by atoms with E-state index < -0.39 is 9.39 Å². The van der Waals surface area contributed by atoms with E-state index >= 15 is 0 Å². The fourth-order valence-corrected chi connectivity index (χ4v) is 3.38. The molecule has 104 valence electrons. The van der Waals surface area contributed by atoms with Crippen molar-refractivity contribution in [2.24, 2.45) is 0 Å². The third-order valence-electron chi connectivity index (χ3n) is 3.61. The molecule has 0 N–H and O–H groups in total. The third-order valence-corrected chi connectivity index (χ3v) is 4.45. The molecule has 1 fully saturated rings. The van der Waals surface area contributed by atoms with Gasteiger partial charge in [-0.05, 0) is 11.1 Å². The lowest BCUT2D eigenvalue weighted by Crippen LogP contribution is -2.30. The highest BCUT2D eigenvalue weighted by molar-refractivity contribution is 6.68. The molecule has 0 saturated carbocycles. The summed E-state index contributed by atoms with van der Waals surface area (Å²) in [5, 5.41) is 0. The van der Waals surface area contributed by atoms with Crippen molar-refractivity contribution >= 4 is 34.8 Å². The van der Waals surface area contributed by atoms with E-state index in [2.05, 4.69) is 12.1 Å². The van der Waals surface area contributed by atoms with Crippen LogP contribution in [0.25, 0.3) is 0 Å². The van der Waals surface area contributed by atoms with Crippen LogP contribution in [0.4, 0.5) is 0 Å². The zero-order valence-corrected chi connectivity index (χ0v) is 12.9. The summed E-state index contributed by atoms with van der Waals surface area (Å²) in [5.41, 5.74) is 1.22. The highest BCUT2D eigenvalue weighted by Crippen LogP contribution is 2.61. The Morgan fingerprint density at radius 2 is 1.45 bits per heavy atom. The second-order valence-corrected chi connectivity index (χ2v) is 7.18. The van der Waals surface area contributed by atoms with Crippen LogP contribution >= 0.6 is 34.8 Å². The third kappa shape index (κ3) is 2.44. The fraction of sp³-hybridized carbons (Fsp3) is 0.250. The average molecular weight is 328 g/mol. The maximum Gasteiger partial charge on any atom is 0.225 e. The molecule has 1 nitrogen and oxygen atoms in total. The monoisotopic (exact) mass is 326 g/mol. The Labute approximate surface area is 133 Å². The summed E-state index contributed by atoms with van der Waals surface area (Å²) in [6.45, 7) is 0. The molecule has 2 aromatic rings. The van der Waals surface area contributed by atoms with Gasteiger partial charge < -0.3 is 4.74 Å². The van der Waals surface area contributed by atoms with Gasteiger partial charge in [0.15, 0.2) is 5.60 Å². The predicted octanol–water partition coefficient (Wildman–Crippen LogP) is 4.89. The standard InChI is InChI=1S/C16H13Cl3O/c17-16(18,19)15(13-9-5-2-6-10-13)14(20-15)11-12-7-3-1-4-8-12/h1-10,14H,11H2. The first-order chi connectivity index (χ1) is 9.54. The second kappa shape index (κ2) is 5.23.